The number of aryl methyl sites for hydroxylation is 2. The molecule has 2 aromatic carbocycles. The van der Waals surface area contributed by atoms with Gasteiger partial charge < -0.3 is 5.11 Å². The van der Waals surface area contributed by atoms with Gasteiger partial charge in [-0.05, 0) is 54.0 Å². The van der Waals surface area contributed by atoms with Gasteiger partial charge in [0.15, 0.2) is 0 Å². The zero-order valence-electron chi connectivity index (χ0n) is 12.9. The van der Waals surface area contributed by atoms with Gasteiger partial charge >= 0.3 is 5.97 Å². The first kappa shape index (κ1) is 15.3. The molecule has 0 bridgehead atoms. The van der Waals surface area contributed by atoms with E-state index in [0.717, 1.165) is 12.0 Å². The quantitative estimate of drug-likeness (QED) is 0.843. The molecular weight excluding hydrogens is 260 g/mol. The highest BCUT2D eigenvalue weighted by atomic mass is 16.4. The third-order valence-electron chi connectivity index (χ3n) is 4.14. The van der Waals surface area contributed by atoms with E-state index in [1.807, 2.05) is 6.92 Å². The monoisotopic (exact) mass is 282 g/mol. The lowest BCUT2D eigenvalue weighted by atomic mass is 9.91. The molecule has 0 amide bonds. The maximum atomic E-state index is 10.9. The van der Waals surface area contributed by atoms with Crippen LogP contribution in [0.2, 0.25) is 0 Å². The van der Waals surface area contributed by atoms with Gasteiger partial charge in [0.2, 0.25) is 0 Å². The van der Waals surface area contributed by atoms with Crippen molar-refractivity contribution in [1.82, 2.24) is 0 Å². The molecule has 0 saturated carbocycles. The zero-order valence-corrected chi connectivity index (χ0v) is 12.9. The molecule has 0 spiro atoms. The smallest absolute Gasteiger partial charge is 0.303 e. The van der Waals surface area contributed by atoms with Crippen LogP contribution in [0.5, 0.6) is 0 Å². The molecular formula is C19H22O2. The van der Waals surface area contributed by atoms with E-state index in [1.54, 1.807) is 0 Å². The molecule has 2 aromatic rings. The molecule has 0 radical (unpaired) electrons. The Balaban J connectivity index is 2.25. The molecule has 2 nitrogen and oxygen atoms in total. The van der Waals surface area contributed by atoms with Crippen molar-refractivity contribution >= 4 is 5.97 Å². The molecule has 1 atom stereocenters. The number of hydrogen-bond acceptors (Lipinski definition) is 1. The van der Waals surface area contributed by atoms with E-state index >= 15 is 0 Å². The molecule has 1 N–H and O–H groups in total. The fraction of sp³-hybridized carbons (Fsp3) is 0.316. The van der Waals surface area contributed by atoms with E-state index < -0.39 is 5.97 Å². The molecule has 21 heavy (non-hydrogen) atoms. The van der Waals surface area contributed by atoms with Crippen LogP contribution in [-0.4, -0.2) is 11.1 Å². The van der Waals surface area contributed by atoms with E-state index in [1.165, 1.54) is 22.3 Å². The Hall–Kier alpha value is -2.09. The number of hydrogen-bond donors (Lipinski definition) is 1. The minimum absolute atomic E-state index is 0.0938. The summed E-state index contributed by atoms with van der Waals surface area (Å²) in [5.74, 6) is -0.642. The number of rotatable bonds is 5. The first-order valence-electron chi connectivity index (χ1n) is 7.40. The highest BCUT2D eigenvalue weighted by Crippen LogP contribution is 2.27. The average Bonchev–Trinajstić information content (AvgIpc) is 2.47. The third kappa shape index (κ3) is 3.72. The van der Waals surface area contributed by atoms with E-state index in [9.17, 15) is 4.79 Å². The van der Waals surface area contributed by atoms with Crippen LogP contribution in [0, 0.1) is 13.8 Å². The van der Waals surface area contributed by atoms with Crippen LogP contribution in [0.3, 0.4) is 0 Å². The van der Waals surface area contributed by atoms with Crippen molar-refractivity contribution in [2.45, 2.75) is 39.5 Å². The van der Waals surface area contributed by atoms with Crippen LogP contribution < -0.4 is 0 Å². The van der Waals surface area contributed by atoms with Crippen LogP contribution in [-0.2, 0) is 4.79 Å². The van der Waals surface area contributed by atoms with Gasteiger partial charge in [-0.2, -0.15) is 0 Å². The van der Waals surface area contributed by atoms with Gasteiger partial charge in [0.25, 0.3) is 0 Å². The standard InChI is InChI=1S/C19H22O2/c1-4-15(12-19(20)21)16-7-9-17(10-8-16)18-6-5-13(2)14(3)11-18/h5-11,15H,4,12H2,1-3H3,(H,20,21). The summed E-state index contributed by atoms with van der Waals surface area (Å²) in [6.07, 6.45) is 1.04. The van der Waals surface area contributed by atoms with Crippen molar-refractivity contribution in [2.75, 3.05) is 0 Å². The number of carboxylic acids is 1. The summed E-state index contributed by atoms with van der Waals surface area (Å²) in [6, 6.07) is 14.7. The maximum absolute atomic E-state index is 10.9. The lowest BCUT2D eigenvalue weighted by Crippen LogP contribution is -2.05. The van der Waals surface area contributed by atoms with Crippen molar-refractivity contribution in [3.63, 3.8) is 0 Å². The Morgan fingerprint density at radius 2 is 1.62 bits per heavy atom. The summed E-state index contributed by atoms with van der Waals surface area (Å²) in [5, 5.41) is 8.97. The van der Waals surface area contributed by atoms with Crippen molar-refractivity contribution in [3.05, 3.63) is 59.2 Å². The van der Waals surface area contributed by atoms with E-state index in [0.29, 0.717) is 0 Å². The van der Waals surface area contributed by atoms with Crippen LogP contribution in [0.15, 0.2) is 42.5 Å². The second-order valence-electron chi connectivity index (χ2n) is 5.62. The van der Waals surface area contributed by atoms with Crippen molar-refractivity contribution in [3.8, 4) is 11.1 Å². The molecule has 0 fully saturated rings. The maximum Gasteiger partial charge on any atom is 0.303 e. The fourth-order valence-corrected chi connectivity index (χ4v) is 2.58. The Morgan fingerprint density at radius 3 is 2.14 bits per heavy atom. The largest absolute Gasteiger partial charge is 0.481 e. The van der Waals surface area contributed by atoms with Gasteiger partial charge in [0.05, 0.1) is 6.42 Å². The lowest BCUT2D eigenvalue weighted by Gasteiger charge is -2.14. The molecule has 0 aliphatic rings. The van der Waals surface area contributed by atoms with Gasteiger partial charge in [-0.3, -0.25) is 4.79 Å². The second-order valence-corrected chi connectivity index (χ2v) is 5.62. The normalized spacial score (nSPS) is 12.1. The molecule has 2 heteroatoms. The molecule has 0 aliphatic carbocycles. The summed E-state index contributed by atoms with van der Waals surface area (Å²) in [5.41, 5.74) is 6.06. The van der Waals surface area contributed by atoms with E-state index in [2.05, 4.69) is 56.3 Å². The molecule has 0 aromatic heterocycles. The molecule has 0 heterocycles. The predicted molar refractivity (Wildman–Crippen MR) is 86.6 cm³/mol. The average molecular weight is 282 g/mol. The summed E-state index contributed by atoms with van der Waals surface area (Å²) < 4.78 is 0. The first-order valence-corrected chi connectivity index (χ1v) is 7.40. The van der Waals surface area contributed by atoms with Crippen molar-refractivity contribution < 1.29 is 9.90 Å². The Labute approximate surface area is 126 Å². The summed E-state index contributed by atoms with van der Waals surface area (Å²) in [4.78, 5) is 10.9. The minimum Gasteiger partial charge on any atom is -0.481 e. The number of carboxylic acid groups (broad SMARTS) is 1. The Morgan fingerprint density at radius 1 is 1.00 bits per heavy atom. The van der Waals surface area contributed by atoms with Gasteiger partial charge in [0, 0.05) is 0 Å². The third-order valence-corrected chi connectivity index (χ3v) is 4.14. The second kappa shape index (κ2) is 6.57. The molecule has 0 aliphatic heterocycles. The Kier molecular flexibility index (Phi) is 4.79. The van der Waals surface area contributed by atoms with Crippen molar-refractivity contribution in [2.24, 2.45) is 0 Å². The van der Waals surface area contributed by atoms with Crippen LogP contribution in [0.4, 0.5) is 0 Å². The molecule has 110 valence electrons. The topological polar surface area (TPSA) is 37.3 Å². The molecule has 1 unspecified atom stereocenters. The molecule has 0 saturated heterocycles. The van der Waals surface area contributed by atoms with E-state index in [4.69, 9.17) is 5.11 Å². The van der Waals surface area contributed by atoms with Crippen molar-refractivity contribution in [1.29, 1.82) is 0 Å². The van der Waals surface area contributed by atoms with Crippen LogP contribution in [0.25, 0.3) is 11.1 Å². The number of carbonyl (C=O) groups is 1. The van der Waals surface area contributed by atoms with Crippen LogP contribution >= 0.6 is 0 Å². The SMILES string of the molecule is CCC(CC(=O)O)c1ccc(-c2ccc(C)c(C)c2)cc1. The highest BCUT2D eigenvalue weighted by Gasteiger charge is 2.13. The van der Waals surface area contributed by atoms with Gasteiger partial charge in [-0.25, -0.2) is 0 Å². The minimum atomic E-state index is -0.736. The van der Waals surface area contributed by atoms with Gasteiger partial charge in [-0.1, -0.05) is 49.4 Å². The fourth-order valence-electron chi connectivity index (χ4n) is 2.58. The van der Waals surface area contributed by atoms with Crippen LogP contribution in [0.1, 0.15) is 42.4 Å². The summed E-state index contributed by atoms with van der Waals surface area (Å²) >= 11 is 0. The predicted octanol–water partition coefficient (Wildman–Crippen LogP) is 4.94. The number of aliphatic carboxylic acids is 1. The first-order chi connectivity index (χ1) is 10.0. The zero-order chi connectivity index (χ0) is 15.4. The van der Waals surface area contributed by atoms with Gasteiger partial charge in [0.1, 0.15) is 0 Å². The van der Waals surface area contributed by atoms with E-state index in [-0.39, 0.29) is 12.3 Å². The summed E-state index contributed by atoms with van der Waals surface area (Å²) in [7, 11) is 0. The van der Waals surface area contributed by atoms with Gasteiger partial charge in [-0.15, -0.1) is 0 Å². The molecule has 2 rings (SSSR count). The summed E-state index contributed by atoms with van der Waals surface area (Å²) in [6.45, 7) is 6.26. The lowest BCUT2D eigenvalue weighted by molar-refractivity contribution is -0.137. The highest BCUT2D eigenvalue weighted by molar-refractivity contribution is 5.68. The Bertz CT molecular complexity index is 627. The number of benzene rings is 2.